The molecule has 0 atom stereocenters. The maximum Gasteiger partial charge on any atom is 0.328 e. The zero-order valence-corrected chi connectivity index (χ0v) is 27.9. The average molecular weight is 672 g/mol. The van der Waals surface area contributed by atoms with Crippen molar-refractivity contribution >= 4 is 35.1 Å². The van der Waals surface area contributed by atoms with E-state index in [9.17, 15) is 14.0 Å². The van der Waals surface area contributed by atoms with E-state index in [2.05, 4.69) is 20.4 Å². The summed E-state index contributed by atoms with van der Waals surface area (Å²) in [6.45, 7) is 9.46. The van der Waals surface area contributed by atoms with Crippen molar-refractivity contribution in [1.82, 2.24) is 20.2 Å². The molecule has 4 aromatic rings. The predicted octanol–water partition coefficient (Wildman–Crippen LogP) is 7.57. The number of aryl methyl sites for hydroxylation is 1. The van der Waals surface area contributed by atoms with Crippen LogP contribution in [0.3, 0.4) is 0 Å². The Balaban J connectivity index is 0.00000205. The minimum atomic E-state index is -0.906. The Bertz CT molecular complexity index is 1820. The molecule has 3 amide bonds. The van der Waals surface area contributed by atoms with Crippen LogP contribution in [-0.4, -0.2) is 59.0 Å². The Hall–Kier alpha value is -4.97. The number of nitrogens with zero attached hydrogens (tertiary/aromatic N) is 5. The Morgan fingerprint density at radius 2 is 1.57 bits per heavy atom. The van der Waals surface area contributed by atoms with Crippen LogP contribution in [0.5, 0.6) is 0 Å². The van der Waals surface area contributed by atoms with Crippen LogP contribution in [0.15, 0.2) is 60.7 Å². The highest BCUT2D eigenvalue weighted by atomic mass is 19.1. The van der Waals surface area contributed by atoms with E-state index in [-0.39, 0.29) is 12.4 Å². The number of carbonyl (C=O) groups excluding carboxylic acids is 2. The fraction of sp³-hybridized carbons (Fsp3) is 0.351. The Labute approximate surface area is 284 Å². The van der Waals surface area contributed by atoms with Crippen LogP contribution in [0.1, 0.15) is 61.0 Å². The minimum Gasteiger partial charge on any atom is -0.341 e. The van der Waals surface area contributed by atoms with E-state index in [1.54, 1.807) is 18.2 Å². The van der Waals surface area contributed by atoms with Gasteiger partial charge < -0.3 is 20.4 Å². The highest BCUT2D eigenvalue weighted by Gasteiger charge is 2.36. The molecule has 0 bridgehead atoms. The maximum absolute atomic E-state index is 15.2. The third-order valence-electron chi connectivity index (χ3n) is 9.23. The van der Waals surface area contributed by atoms with Gasteiger partial charge in [-0.3, -0.25) is 4.79 Å². The highest BCUT2D eigenvalue weighted by molar-refractivity contribution is 6.05. The number of urea groups is 1. The number of hydrogen-bond acceptors (Lipinski definition) is 6. The van der Waals surface area contributed by atoms with Gasteiger partial charge in [-0.1, -0.05) is 26.0 Å². The molecule has 12 heteroatoms. The molecule has 0 aliphatic carbocycles. The summed E-state index contributed by atoms with van der Waals surface area (Å²) in [6.07, 6.45) is 4.25. The van der Waals surface area contributed by atoms with Crippen LogP contribution in [-0.2, 0) is 6.54 Å². The first-order chi connectivity index (χ1) is 23.8. The summed E-state index contributed by atoms with van der Waals surface area (Å²) >= 11 is 0. The number of aromatic nitrogens is 2. The summed E-state index contributed by atoms with van der Waals surface area (Å²) in [7, 11) is 0. The smallest absolute Gasteiger partial charge is 0.328 e. The molecule has 3 aliphatic heterocycles. The topological polar surface area (TPSA) is 93.7 Å². The van der Waals surface area contributed by atoms with Gasteiger partial charge in [-0.2, -0.15) is 4.98 Å². The summed E-state index contributed by atoms with van der Waals surface area (Å²) < 4.78 is 43.8. The number of nitrogens with one attached hydrogen (secondary N) is 2. The number of amides is 3. The maximum atomic E-state index is 15.2. The van der Waals surface area contributed by atoms with Crippen molar-refractivity contribution in [2.45, 2.75) is 59.0 Å². The highest BCUT2D eigenvalue weighted by Crippen LogP contribution is 2.40. The predicted molar refractivity (Wildman–Crippen MR) is 185 cm³/mol. The van der Waals surface area contributed by atoms with Gasteiger partial charge in [0.15, 0.2) is 5.82 Å². The quantitative estimate of drug-likeness (QED) is 0.220. The van der Waals surface area contributed by atoms with Crippen molar-refractivity contribution in [3.05, 3.63) is 94.8 Å². The molecule has 2 saturated heterocycles. The number of carbonyl (C=O) groups is 2. The van der Waals surface area contributed by atoms with Gasteiger partial charge in [-0.25, -0.2) is 27.8 Å². The lowest BCUT2D eigenvalue weighted by Crippen LogP contribution is -2.45. The van der Waals surface area contributed by atoms with Gasteiger partial charge in [-0.15, -0.1) is 0 Å². The van der Waals surface area contributed by atoms with Gasteiger partial charge in [0, 0.05) is 41.5 Å². The van der Waals surface area contributed by atoms with Crippen LogP contribution in [0.25, 0.3) is 11.3 Å². The standard InChI is InChI=1S/C35H34F3N7O2.C2H6/c1-21-7-8-22(33(46)40-24-11-9-23(36)10-12-24)19-26(21)30-27-20-39-35(47)45(31-28(37)5-4-6-29(31)38)32(27)42-34(41-30)44-17-13-25(14-18-44)43-15-2-3-16-43;1-2/h4-12,19,25H,2-3,13-18,20H2,1H3,(H,39,47)(H,40,46);1-2H3. The fourth-order valence-electron chi connectivity index (χ4n) is 6.71. The Morgan fingerprint density at radius 1 is 0.898 bits per heavy atom. The number of anilines is 4. The van der Waals surface area contributed by atoms with E-state index in [1.165, 1.54) is 43.2 Å². The van der Waals surface area contributed by atoms with Crippen LogP contribution in [0.4, 0.5) is 41.1 Å². The molecule has 49 heavy (non-hydrogen) atoms. The minimum absolute atomic E-state index is 0.0127. The van der Waals surface area contributed by atoms with Crippen molar-refractivity contribution in [2.24, 2.45) is 0 Å². The van der Waals surface area contributed by atoms with E-state index in [4.69, 9.17) is 9.97 Å². The normalized spacial score (nSPS) is 16.5. The summed E-state index contributed by atoms with van der Waals surface area (Å²) in [5.41, 5.74) is 2.54. The van der Waals surface area contributed by atoms with E-state index in [0.717, 1.165) is 48.5 Å². The number of likely N-dealkylation sites (tertiary alicyclic amines) is 1. The summed E-state index contributed by atoms with van der Waals surface area (Å²) in [6, 6.07) is 13.8. The van der Waals surface area contributed by atoms with Crippen molar-refractivity contribution in [3.8, 4) is 11.3 Å². The monoisotopic (exact) mass is 671 g/mol. The lowest BCUT2D eigenvalue weighted by Gasteiger charge is -2.37. The molecule has 4 heterocycles. The van der Waals surface area contributed by atoms with E-state index in [1.807, 2.05) is 20.8 Å². The molecule has 0 radical (unpaired) electrons. The first-order valence-electron chi connectivity index (χ1n) is 16.9. The largest absolute Gasteiger partial charge is 0.341 e. The number of fused-ring (bicyclic) bond motifs is 1. The van der Waals surface area contributed by atoms with Crippen LogP contribution in [0.2, 0.25) is 0 Å². The molecule has 256 valence electrons. The zero-order chi connectivity index (χ0) is 34.7. The molecule has 3 aromatic carbocycles. The van der Waals surface area contributed by atoms with Crippen LogP contribution < -0.4 is 20.4 Å². The summed E-state index contributed by atoms with van der Waals surface area (Å²) in [5.74, 6) is -2.21. The SMILES string of the molecule is CC.Cc1ccc(C(=O)Nc2ccc(F)cc2)cc1-c1nc(N2CCC(N3CCCC3)CC2)nc2c1CNC(=O)N2c1c(F)cccc1F. The van der Waals surface area contributed by atoms with Crippen molar-refractivity contribution in [2.75, 3.05) is 41.3 Å². The van der Waals surface area contributed by atoms with Crippen molar-refractivity contribution in [1.29, 1.82) is 0 Å². The number of hydrogen-bond donors (Lipinski definition) is 2. The summed E-state index contributed by atoms with van der Waals surface area (Å²) in [4.78, 5) is 42.0. The van der Waals surface area contributed by atoms with Gasteiger partial charge in [0.05, 0.1) is 12.2 Å². The van der Waals surface area contributed by atoms with Gasteiger partial charge >= 0.3 is 6.03 Å². The molecule has 0 spiro atoms. The molecule has 7 rings (SSSR count). The number of halogens is 3. The second-order valence-electron chi connectivity index (χ2n) is 12.2. The third kappa shape index (κ3) is 6.96. The number of piperidine rings is 1. The third-order valence-corrected chi connectivity index (χ3v) is 9.23. The van der Waals surface area contributed by atoms with Crippen molar-refractivity contribution < 1.29 is 22.8 Å². The number of rotatable bonds is 6. The number of para-hydroxylation sites is 1. The molecule has 2 fully saturated rings. The number of benzene rings is 3. The molecule has 9 nitrogen and oxygen atoms in total. The van der Waals surface area contributed by atoms with Gasteiger partial charge in [0.1, 0.15) is 23.1 Å². The van der Waals surface area contributed by atoms with Gasteiger partial charge in [-0.05, 0) is 99.8 Å². The van der Waals surface area contributed by atoms with E-state index >= 15 is 8.78 Å². The first-order valence-corrected chi connectivity index (χ1v) is 16.9. The second-order valence-corrected chi connectivity index (χ2v) is 12.2. The van der Waals surface area contributed by atoms with Crippen LogP contribution in [0, 0.1) is 24.4 Å². The summed E-state index contributed by atoms with van der Waals surface area (Å²) in [5, 5.41) is 5.51. The Kier molecular flexibility index (Phi) is 10.1. The van der Waals surface area contributed by atoms with Crippen LogP contribution >= 0.6 is 0 Å². The molecule has 0 unspecified atom stereocenters. The van der Waals surface area contributed by atoms with Gasteiger partial charge in [0.2, 0.25) is 5.95 Å². The lowest BCUT2D eigenvalue weighted by atomic mass is 9.97. The van der Waals surface area contributed by atoms with Gasteiger partial charge in [0.25, 0.3) is 5.91 Å². The second kappa shape index (κ2) is 14.7. The Morgan fingerprint density at radius 3 is 2.24 bits per heavy atom. The van der Waals surface area contributed by atoms with E-state index in [0.29, 0.717) is 53.2 Å². The molecule has 1 aromatic heterocycles. The lowest BCUT2D eigenvalue weighted by molar-refractivity contribution is 0.102. The first kappa shape index (κ1) is 33.9. The molecular formula is C37H40F3N7O2. The fourth-order valence-corrected chi connectivity index (χ4v) is 6.71. The molecular weight excluding hydrogens is 631 g/mol. The zero-order valence-electron chi connectivity index (χ0n) is 27.9. The average Bonchev–Trinajstić information content (AvgIpc) is 3.66. The molecule has 2 N–H and O–H groups in total. The van der Waals surface area contributed by atoms with E-state index < -0.39 is 35.1 Å². The van der Waals surface area contributed by atoms with Crippen molar-refractivity contribution in [3.63, 3.8) is 0 Å². The molecule has 0 saturated carbocycles. The molecule has 3 aliphatic rings.